The van der Waals surface area contributed by atoms with Gasteiger partial charge >= 0.3 is 18.1 Å². The smallest absolute Gasteiger partial charge is 0.478 e. The van der Waals surface area contributed by atoms with Crippen LogP contribution in [0.5, 0.6) is 0 Å². The number of alkyl halides is 3. The van der Waals surface area contributed by atoms with E-state index in [4.69, 9.17) is 9.90 Å². The van der Waals surface area contributed by atoms with Gasteiger partial charge in [0.25, 0.3) is 10.0 Å². The maximum absolute atomic E-state index is 13.0. The summed E-state index contributed by atoms with van der Waals surface area (Å²) in [5.74, 6) is -3.84. The zero-order valence-corrected chi connectivity index (χ0v) is 21.5. The summed E-state index contributed by atoms with van der Waals surface area (Å²) in [6.07, 6.45) is -3.31. The minimum atomic E-state index is -5.08. The number of carboxylic acids is 2. The maximum Gasteiger partial charge on any atom is 0.490 e. The van der Waals surface area contributed by atoms with Crippen LogP contribution >= 0.6 is 0 Å². The van der Waals surface area contributed by atoms with Crippen molar-refractivity contribution in [2.75, 3.05) is 22.7 Å². The average molecular weight is 533 g/mol. The van der Waals surface area contributed by atoms with E-state index in [1.54, 1.807) is 26.0 Å². The summed E-state index contributed by atoms with van der Waals surface area (Å²) >= 11 is 0. The number of nitrogens with one attached hydrogen (secondary N) is 1. The minimum Gasteiger partial charge on any atom is -0.478 e. The van der Waals surface area contributed by atoms with Crippen LogP contribution in [0.3, 0.4) is 0 Å². The lowest BCUT2D eigenvalue weighted by Crippen LogP contribution is -2.27. The zero-order chi connectivity index (χ0) is 27.8. The summed E-state index contributed by atoms with van der Waals surface area (Å²) in [5, 5.41) is 16.8. The van der Waals surface area contributed by atoms with E-state index in [9.17, 15) is 31.5 Å². The number of anilines is 2. The third kappa shape index (κ3) is 8.43. The predicted octanol–water partition coefficient (Wildman–Crippen LogP) is 5.37. The average Bonchev–Trinajstić information content (AvgIpc) is 2.72. The summed E-state index contributed by atoms with van der Waals surface area (Å²) < 4.78 is 60.3. The summed E-state index contributed by atoms with van der Waals surface area (Å²) in [6.45, 7) is 11.0. The fraction of sp³-hybridized carbons (Fsp3) is 0.417. The Hall–Kier alpha value is -3.28. The Bertz CT molecular complexity index is 1170. The number of halogens is 3. The quantitative estimate of drug-likeness (QED) is 0.397. The Morgan fingerprint density at radius 1 is 0.944 bits per heavy atom. The lowest BCUT2D eigenvalue weighted by molar-refractivity contribution is -0.192. The normalized spacial score (nSPS) is 11.3. The molecule has 2 rings (SSSR count). The van der Waals surface area contributed by atoms with Gasteiger partial charge in [0.2, 0.25) is 0 Å². The second kappa shape index (κ2) is 12.6. The van der Waals surface area contributed by atoms with E-state index in [1.807, 2.05) is 37.8 Å². The Morgan fingerprint density at radius 3 is 1.81 bits per heavy atom. The molecule has 0 aliphatic carbocycles. The van der Waals surface area contributed by atoms with E-state index >= 15 is 0 Å². The van der Waals surface area contributed by atoms with Crippen molar-refractivity contribution in [1.82, 2.24) is 0 Å². The Kier molecular flexibility index (Phi) is 10.8. The Balaban J connectivity index is 0.000000809. The molecular weight excluding hydrogens is 501 g/mol. The van der Waals surface area contributed by atoms with Gasteiger partial charge in [-0.3, -0.25) is 4.72 Å². The number of aryl methyl sites for hydroxylation is 3. The lowest BCUT2D eigenvalue weighted by atomic mass is 10.1. The van der Waals surface area contributed by atoms with Crippen LogP contribution in [0.4, 0.5) is 24.5 Å². The third-order valence-corrected chi connectivity index (χ3v) is 6.61. The van der Waals surface area contributed by atoms with Crippen LogP contribution in [-0.2, 0) is 14.8 Å². The first-order valence-electron chi connectivity index (χ1n) is 11.1. The number of benzene rings is 2. The van der Waals surface area contributed by atoms with Crippen LogP contribution in [0.25, 0.3) is 0 Å². The van der Waals surface area contributed by atoms with Gasteiger partial charge < -0.3 is 15.1 Å². The number of hydrogen-bond donors (Lipinski definition) is 3. The van der Waals surface area contributed by atoms with Crippen LogP contribution in [0.1, 0.15) is 53.7 Å². The number of carboxylic acid groups (broad SMARTS) is 2. The molecule has 0 radical (unpaired) electrons. The Morgan fingerprint density at radius 2 is 1.42 bits per heavy atom. The number of sulfonamides is 1. The highest BCUT2D eigenvalue weighted by atomic mass is 32.2. The minimum absolute atomic E-state index is 0.0875. The van der Waals surface area contributed by atoms with Crippen LogP contribution in [0.15, 0.2) is 35.2 Å². The lowest BCUT2D eigenvalue weighted by Gasteiger charge is -2.26. The fourth-order valence-corrected chi connectivity index (χ4v) is 5.24. The van der Waals surface area contributed by atoms with Crippen molar-refractivity contribution in [3.8, 4) is 0 Å². The molecule has 12 heteroatoms. The number of aromatic carboxylic acids is 1. The van der Waals surface area contributed by atoms with Crippen molar-refractivity contribution in [2.24, 2.45) is 0 Å². The molecule has 0 aliphatic rings. The molecule has 0 unspecified atom stereocenters. The van der Waals surface area contributed by atoms with Gasteiger partial charge in [-0.25, -0.2) is 18.0 Å². The van der Waals surface area contributed by atoms with Crippen LogP contribution in [0.2, 0.25) is 0 Å². The van der Waals surface area contributed by atoms with Gasteiger partial charge in [-0.15, -0.1) is 0 Å². The second-order valence-corrected chi connectivity index (χ2v) is 9.78. The maximum atomic E-state index is 13.0. The first-order chi connectivity index (χ1) is 16.5. The van der Waals surface area contributed by atoms with Crippen molar-refractivity contribution < 1.29 is 41.4 Å². The molecule has 0 saturated heterocycles. The highest BCUT2D eigenvalue weighted by Crippen LogP contribution is 2.28. The highest BCUT2D eigenvalue weighted by Gasteiger charge is 2.38. The summed E-state index contributed by atoms with van der Waals surface area (Å²) in [6, 6.07) is 8.34. The monoisotopic (exact) mass is 532 g/mol. The van der Waals surface area contributed by atoms with E-state index in [0.717, 1.165) is 31.5 Å². The number of aliphatic carboxylic acids is 1. The summed E-state index contributed by atoms with van der Waals surface area (Å²) in [7, 11) is -3.84. The van der Waals surface area contributed by atoms with Gasteiger partial charge in [0.15, 0.2) is 0 Å². The molecular formula is C24H31F3N2O6S. The van der Waals surface area contributed by atoms with Crippen LogP contribution in [0, 0.1) is 20.8 Å². The fourth-order valence-electron chi connectivity index (χ4n) is 3.74. The third-order valence-electron chi connectivity index (χ3n) is 4.92. The van der Waals surface area contributed by atoms with Gasteiger partial charge in [-0.1, -0.05) is 31.5 Å². The molecule has 0 spiro atoms. The molecule has 36 heavy (non-hydrogen) atoms. The Labute approximate surface area is 208 Å². The topological polar surface area (TPSA) is 124 Å². The van der Waals surface area contributed by atoms with E-state index in [2.05, 4.69) is 4.72 Å². The number of nitrogens with zero attached hydrogens (tertiary/aromatic N) is 1. The molecule has 0 amide bonds. The number of rotatable bonds is 9. The van der Waals surface area contributed by atoms with Gasteiger partial charge in [-0.2, -0.15) is 13.2 Å². The van der Waals surface area contributed by atoms with Crippen molar-refractivity contribution in [2.45, 2.75) is 58.5 Å². The standard InChI is InChI=1S/C22H30N2O4S.C2HF3O2/c1-6-10-24(11-7-2)20-9-8-18(14-19(20)22(25)26)23-29(27,28)21-16(4)12-15(3)13-17(21)5;3-2(4,5)1(6)7/h8-9,12-14,23H,6-7,10-11H2,1-5H3,(H,25,26);(H,6,7). The molecule has 3 N–H and O–H groups in total. The molecule has 0 bridgehead atoms. The van der Waals surface area contributed by atoms with Crippen molar-refractivity contribution in [1.29, 1.82) is 0 Å². The van der Waals surface area contributed by atoms with E-state index in [0.29, 0.717) is 16.8 Å². The van der Waals surface area contributed by atoms with E-state index in [-0.39, 0.29) is 16.1 Å². The molecule has 0 aromatic heterocycles. The largest absolute Gasteiger partial charge is 0.490 e. The van der Waals surface area contributed by atoms with Crippen LogP contribution < -0.4 is 9.62 Å². The molecule has 2 aromatic rings. The van der Waals surface area contributed by atoms with Gasteiger partial charge in [0.1, 0.15) is 0 Å². The molecule has 0 atom stereocenters. The first-order valence-corrected chi connectivity index (χ1v) is 12.6. The SMILES string of the molecule is CCCN(CCC)c1ccc(NS(=O)(=O)c2c(C)cc(C)cc2C)cc1C(=O)O.O=C(O)C(F)(F)F. The molecule has 0 heterocycles. The summed E-state index contributed by atoms with van der Waals surface area (Å²) in [5.41, 5.74) is 3.22. The first kappa shape index (κ1) is 30.8. The van der Waals surface area contributed by atoms with Gasteiger partial charge in [-0.05, 0) is 62.9 Å². The molecule has 0 fully saturated rings. The van der Waals surface area contributed by atoms with Crippen molar-refractivity contribution in [3.63, 3.8) is 0 Å². The summed E-state index contributed by atoms with van der Waals surface area (Å²) in [4.78, 5) is 23.0. The molecule has 0 saturated carbocycles. The molecule has 0 aliphatic heterocycles. The van der Waals surface area contributed by atoms with Gasteiger partial charge in [0.05, 0.1) is 16.1 Å². The van der Waals surface area contributed by atoms with E-state index in [1.165, 1.54) is 6.07 Å². The molecule has 8 nitrogen and oxygen atoms in total. The number of hydrogen-bond acceptors (Lipinski definition) is 5. The number of carbonyl (C=O) groups is 2. The van der Waals surface area contributed by atoms with E-state index < -0.39 is 28.1 Å². The van der Waals surface area contributed by atoms with Crippen molar-refractivity contribution >= 4 is 33.3 Å². The predicted molar refractivity (Wildman–Crippen MR) is 131 cm³/mol. The second-order valence-electron chi connectivity index (χ2n) is 8.16. The van der Waals surface area contributed by atoms with Crippen molar-refractivity contribution in [3.05, 3.63) is 52.6 Å². The molecule has 2 aromatic carbocycles. The highest BCUT2D eigenvalue weighted by molar-refractivity contribution is 7.92. The van der Waals surface area contributed by atoms with Crippen LogP contribution in [-0.4, -0.2) is 49.8 Å². The van der Waals surface area contributed by atoms with Gasteiger partial charge in [0, 0.05) is 18.8 Å². The zero-order valence-electron chi connectivity index (χ0n) is 20.7. The molecule has 200 valence electrons.